The van der Waals surface area contributed by atoms with Gasteiger partial charge in [-0.05, 0) is 16.3 Å². The molecular weight excluding hydrogens is 324 g/mol. The fraction of sp³-hybridized carbons (Fsp3) is 0.250. The molecule has 5 rings (SSSR count). The highest BCUT2D eigenvalue weighted by molar-refractivity contribution is 5.85. The SMILES string of the molecule is c1ccc2c(CN3CCN(c4nccn5cnnc45)CC3)cccc2c1. The van der Waals surface area contributed by atoms with Crippen LogP contribution in [0, 0.1) is 0 Å². The topological polar surface area (TPSA) is 49.6 Å². The maximum atomic E-state index is 4.54. The molecule has 0 N–H and O–H groups in total. The molecule has 1 aliphatic heterocycles. The molecule has 6 heteroatoms. The first-order chi connectivity index (χ1) is 12.9. The minimum absolute atomic E-state index is 0.829. The summed E-state index contributed by atoms with van der Waals surface area (Å²) in [4.78, 5) is 9.36. The van der Waals surface area contributed by atoms with E-state index in [1.807, 2.05) is 16.8 Å². The number of benzene rings is 2. The van der Waals surface area contributed by atoms with Gasteiger partial charge in [-0.2, -0.15) is 0 Å². The van der Waals surface area contributed by atoms with Crippen LogP contribution in [0.5, 0.6) is 0 Å². The lowest BCUT2D eigenvalue weighted by atomic mass is 10.0. The fourth-order valence-electron chi connectivity index (χ4n) is 3.76. The van der Waals surface area contributed by atoms with Gasteiger partial charge < -0.3 is 4.90 Å². The van der Waals surface area contributed by atoms with Crippen LogP contribution >= 0.6 is 0 Å². The van der Waals surface area contributed by atoms with Gasteiger partial charge in [-0.1, -0.05) is 42.5 Å². The van der Waals surface area contributed by atoms with Gasteiger partial charge >= 0.3 is 0 Å². The van der Waals surface area contributed by atoms with E-state index >= 15 is 0 Å². The molecule has 1 saturated heterocycles. The van der Waals surface area contributed by atoms with E-state index in [1.54, 1.807) is 6.33 Å². The molecule has 6 nitrogen and oxygen atoms in total. The van der Waals surface area contributed by atoms with Gasteiger partial charge in [-0.15, -0.1) is 10.2 Å². The normalized spacial score (nSPS) is 15.8. The molecule has 2 aromatic carbocycles. The summed E-state index contributed by atoms with van der Waals surface area (Å²) in [6.45, 7) is 4.91. The van der Waals surface area contributed by atoms with E-state index in [2.05, 4.69) is 67.4 Å². The van der Waals surface area contributed by atoms with Gasteiger partial charge in [0.05, 0.1) is 0 Å². The lowest BCUT2D eigenvalue weighted by Crippen LogP contribution is -2.46. The van der Waals surface area contributed by atoms with Crippen molar-refractivity contribution in [2.24, 2.45) is 0 Å². The first kappa shape index (κ1) is 15.3. The Hall–Kier alpha value is -2.99. The summed E-state index contributed by atoms with van der Waals surface area (Å²) >= 11 is 0. The Morgan fingerprint density at radius 2 is 1.77 bits per heavy atom. The number of fused-ring (bicyclic) bond motifs is 2. The second kappa shape index (κ2) is 6.38. The van der Waals surface area contributed by atoms with E-state index in [1.165, 1.54) is 16.3 Å². The van der Waals surface area contributed by atoms with Crippen molar-refractivity contribution in [1.82, 2.24) is 24.5 Å². The van der Waals surface area contributed by atoms with Gasteiger partial charge in [0.2, 0.25) is 5.65 Å². The van der Waals surface area contributed by atoms with Crippen molar-refractivity contribution >= 4 is 22.2 Å². The Labute approximate surface area is 151 Å². The Bertz CT molecular complexity index is 1040. The number of rotatable bonds is 3. The Morgan fingerprint density at radius 1 is 0.923 bits per heavy atom. The quantitative estimate of drug-likeness (QED) is 0.572. The van der Waals surface area contributed by atoms with Gasteiger partial charge in [0.15, 0.2) is 5.82 Å². The predicted octanol–water partition coefficient (Wildman–Crippen LogP) is 2.60. The van der Waals surface area contributed by atoms with Crippen LogP contribution in [0.25, 0.3) is 16.4 Å². The van der Waals surface area contributed by atoms with Crippen molar-refractivity contribution in [3.63, 3.8) is 0 Å². The Balaban J connectivity index is 1.32. The zero-order valence-electron chi connectivity index (χ0n) is 14.5. The standard InChI is InChI=1S/C20H20N6/c1-2-7-18-16(4-1)5-3-6-17(18)14-24-10-12-25(13-11-24)19-20-23-22-15-26(20)9-8-21-19/h1-9,15H,10-14H2. The Kier molecular flexibility index (Phi) is 3.75. The highest BCUT2D eigenvalue weighted by Crippen LogP contribution is 2.22. The molecule has 2 aromatic heterocycles. The van der Waals surface area contributed by atoms with E-state index in [0.29, 0.717) is 0 Å². The van der Waals surface area contributed by atoms with Crippen LogP contribution < -0.4 is 4.90 Å². The van der Waals surface area contributed by atoms with Crippen molar-refractivity contribution in [3.8, 4) is 0 Å². The number of anilines is 1. The minimum Gasteiger partial charge on any atom is -0.351 e. The van der Waals surface area contributed by atoms with Crippen LogP contribution in [0.4, 0.5) is 5.82 Å². The molecule has 0 radical (unpaired) electrons. The molecule has 26 heavy (non-hydrogen) atoms. The molecular formula is C20H20N6. The average molecular weight is 344 g/mol. The maximum Gasteiger partial charge on any atom is 0.203 e. The molecule has 4 aromatic rings. The predicted molar refractivity (Wildman–Crippen MR) is 102 cm³/mol. The average Bonchev–Trinajstić information content (AvgIpc) is 3.18. The molecule has 0 amide bonds. The van der Waals surface area contributed by atoms with Crippen molar-refractivity contribution in [2.45, 2.75) is 6.54 Å². The number of piperazine rings is 1. The molecule has 0 unspecified atom stereocenters. The van der Waals surface area contributed by atoms with Gasteiger partial charge in [-0.25, -0.2) is 4.98 Å². The molecule has 0 atom stereocenters. The van der Waals surface area contributed by atoms with Crippen molar-refractivity contribution in [1.29, 1.82) is 0 Å². The third-order valence-electron chi connectivity index (χ3n) is 5.14. The Morgan fingerprint density at radius 3 is 2.69 bits per heavy atom. The van der Waals surface area contributed by atoms with Crippen LogP contribution in [0.1, 0.15) is 5.56 Å². The number of hydrogen-bond donors (Lipinski definition) is 0. The summed E-state index contributed by atoms with van der Waals surface area (Å²) in [5.41, 5.74) is 2.23. The van der Waals surface area contributed by atoms with Crippen LogP contribution in [-0.2, 0) is 6.54 Å². The number of nitrogens with zero attached hydrogens (tertiary/aromatic N) is 6. The van der Waals surface area contributed by atoms with Gasteiger partial charge in [0.25, 0.3) is 0 Å². The zero-order valence-corrected chi connectivity index (χ0v) is 14.5. The van der Waals surface area contributed by atoms with E-state index in [4.69, 9.17) is 0 Å². The molecule has 1 fully saturated rings. The summed E-state index contributed by atoms with van der Waals surface area (Å²) in [7, 11) is 0. The highest BCUT2D eigenvalue weighted by Gasteiger charge is 2.21. The van der Waals surface area contributed by atoms with E-state index in [-0.39, 0.29) is 0 Å². The van der Waals surface area contributed by atoms with Crippen LogP contribution in [0.3, 0.4) is 0 Å². The second-order valence-corrected chi connectivity index (χ2v) is 6.71. The summed E-state index contributed by atoms with van der Waals surface area (Å²) in [5, 5.41) is 10.9. The maximum absolute atomic E-state index is 4.54. The zero-order chi connectivity index (χ0) is 17.3. The largest absolute Gasteiger partial charge is 0.351 e. The van der Waals surface area contributed by atoms with Gasteiger partial charge in [-0.3, -0.25) is 9.30 Å². The van der Waals surface area contributed by atoms with Gasteiger partial charge in [0, 0.05) is 45.1 Å². The van der Waals surface area contributed by atoms with Crippen LogP contribution in [0.15, 0.2) is 61.2 Å². The summed E-state index contributed by atoms with van der Waals surface area (Å²) in [6.07, 6.45) is 5.42. The van der Waals surface area contributed by atoms with Crippen LogP contribution in [-0.4, -0.2) is 50.7 Å². The van der Waals surface area contributed by atoms with E-state index in [9.17, 15) is 0 Å². The van der Waals surface area contributed by atoms with Crippen LogP contribution in [0.2, 0.25) is 0 Å². The number of aromatic nitrogens is 4. The smallest absolute Gasteiger partial charge is 0.203 e. The molecule has 0 spiro atoms. The van der Waals surface area contributed by atoms with E-state index in [0.717, 1.165) is 44.2 Å². The molecule has 1 aliphatic rings. The lowest BCUT2D eigenvalue weighted by molar-refractivity contribution is 0.250. The van der Waals surface area contributed by atoms with Crippen molar-refractivity contribution in [3.05, 3.63) is 66.7 Å². The van der Waals surface area contributed by atoms with Gasteiger partial charge in [0.1, 0.15) is 6.33 Å². The number of hydrogen-bond acceptors (Lipinski definition) is 5. The minimum atomic E-state index is 0.829. The molecule has 0 saturated carbocycles. The van der Waals surface area contributed by atoms with E-state index < -0.39 is 0 Å². The van der Waals surface area contributed by atoms with Crippen molar-refractivity contribution < 1.29 is 0 Å². The van der Waals surface area contributed by atoms with Crippen molar-refractivity contribution in [2.75, 3.05) is 31.1 Å². The lowest BCUT2D eigenvalue weighted by Gasteiger charge is -2.35. The second-order valence-electron chi connectivity index (χ2n) is 6.71. The first-order valence-corrected chi connectivity index (χ1v) is 8.97. The summed E-state index contributed by atoms with van der Waals surface area (Å²) < 4.78 is 1.92. The molecule has 0 aliphatic carbocycles. The summed E-state index contributed by atoms with van der Waals surface area (Å²) in [6, 6.07) is 15.2. The first-order valence-electron chi connectivity index (χ1n) is 8.97. The third-order valence-corrected chi connectivity index (χ3v) is 5.14. The molecule has 3 heterocycles. The summed E-state index contributed by atoms with van der Waals surface area (Å²) in [5.74, 6) is 0.926. The highest BCUT2D eigenvalue weighted by atomic mass is 15.3. The molecule has 130 valence electrons. The molecule has 0 bridgehead atoms. The third kappa shape index (κ3) is 2.68. The fourth-order valence-corrected chi connectivity index (χ4v) is 3.76. The monoisotopic (exact) mass is 344 g/mol.